The van der Waals surface area contributed by atoms with Crippen LogP contribution in [-0.4, -0.2) is 25.7 Å². The van der Waals surface area contributed by atoms with Crippen LogP contribution in [0.5, 0.6) is 23.0 Å². The van der Waals surface area contributed by atoms with Gasteiger partial charge in [-0.05, 0) is 65.7 Å². The molecule has 0 heterocycles. The lowest BCUT2D eigenvalue weighted by molar-refractivity contribution is -0.143. The van der Waals surface area contributed by atoms with Gasteiger partial charge in [0, 0.05) is 16.8 Å². The van der Waals surface area contributed by atoms with Crippen molar-refractivity contribution in [3.8, 4) is 23.0 Å². The molecule has 2 aromatic rings. The van der Waals surface area contributed by atoms with E-state index in [0.717, 1.165) is 0 Å². The Hall–Kier alpha value is -2.76. The number of carbonyl (C=O) groups excluding carboxylic acids is 2. The second kappa shape index (κ2) is 9.16. The topological polar surface area (TPSA) is 71.1 Å². The first-order valence-electron chi connectivity index (χ1n) is 10.5. The lowest BCUT2D eigenvalue weighted by atomic mass is 9.97. The minimum atomic E-state index is -0.699. The van der Waals surface area contributed by atoms with Crippen molar-refractivity contribution >= 4 is 22.7 Å². The molecule has 6 heteroatoms. The summed E-state index contributed by atoms with van der Waals surface area (Å²) in [5, 5.41) is 1.18. The van der Waals surface area contributed by atoms with Crippen molar-refractivity contribution in [2.45, 2.75) is 55.4 Å². The maximum absolute atomic E-state index is 12.6. The molecule has 0 aliphatic carbocycles. The molecule has 0 atom stereocenters. The number of fused-ring (bicyclic) bond motifs is 1. The summed E-state index contributed by atoms with van der Waals surface area (Å²) in [6.07, 6.45) is 0. The molecule has 0 saturated carbocycles. The van der Waals surface area contributed by atoms with Crippen LogP contribution >= 0.6 is 0 Å². The zero-order valence-corrected chi connectivity index (χ0v) is 20.0. The van der Waals surface area contributed by atoms with E-state index in [1.807, 2.05) is 0 Å². The van der Waals surface area contributed by atoms with Crippen molar-refractivity contribution in [1.29, 1.82) is 0 Å². The highest BCUT2D eigenvalue weighted by Gasteiger charge is 2.29. The quantitative estimate of drug-likeness (QED) is 0.427. The van der Waals surface area contributed by atoms with E-state index in [0.29, 0.717) is 40.5 Å². The second-order valence-corrected chi connectivity index (χ2v) is 10.1. The van der Waals surface area contributed by atoms with E-state index in [-0.39, 0.29) is 11.7 Å². The molecule has 0 N–H and O–H groups in total. The predicted octanol–water partition coefficient (Wildman–Crippen LogP) is 5.79. The summed E-state index contributed by atoms with van der Waals surface area (Å²) >= 11 is 0. The molecule has 0 radical (unpaired) electrons. The largest absolute Gasteiger partial charge is 0.493 e. The molecule has 0 saturated heterocycles. The zero-order valence-electron chi connectivity index (χ0n) is 20.0. The smallest absolute Gasteiger partial charge is 0.316 e. The van der Waals surface area contributed by atoms with Gasteiger partial charge in [-0.1, -0.05) is 13.8 Å². The fourth-order valence-electron chi connectivity index (χ4n) is 2.51. The first-order chi connectivity index (χ1) is 14.2. The van der Waals surface area contributed by atoms with Crippen molar-refractivity contribution < 1.29 is 28.5 Å². The third kappa shape index (κ3) is 6.12. The van der Waals surface area contributed by atoms with E-state index < -0.39 is 16.8 Å². The summed E-state index contributed by atoms with van der Waals surface area (Å²) in [6.45, 7) is 15.4. The van der Waals surface area contributed by atoms with Crippen molar-refractivity contribution in [2.24, 2.45) is 16.7 Å². The Morgan fingerprint density at radius 1 is 0.839 bits per heavy atom. The predicted molar refractivity (Wildman–Crippen MR) is 121 cm³/mol. The van der Waals surface area contributed by atoms with E-state index in [1.54, 1.807) is 65.8 Å². The standard InChI is InChI=1S/C25H34O6/c1-15(2)14-29-16-10-11-17-18(12-16)19(30-22(26)24(3,4)5)13-20(28-9)21(17)31-23(27)25(6,7)8/h10-13,15H,14H2,1-9H3. The van der Waals surface area contributed by atoms with E-state index in [9.17, 15) is 9.59 Å². The molecular weight excluding hydrogens is 396 g/mol. The first-order valence-corrected chi connectivity index (χ1v) is 10.5. The van der Waals surface area contributed by atoms with Crippen molar-refractivity contribution in [1.82, 2.24) is 0 Å². The van der Waals surface area contributed by atoms with Crippen LogP contribution in [0.1, 0.15) is 55.4 Å². The van der Waals surface area contributed by atoms with Crippen LogP contribution in [0.3, 0.4) is 0 Å². The Kier molecular flexibility index (Phi) is 7.25. The van der Waals surface area contributed by atoms with E-state index in [2.05, 4.69) is 13.8 Å². The summed E-state index contributed by atoms with van der Waals surface area (Å²) in [6, 6.07) is 6.95. The molecule has 0 aliphatic heterocycles. The van der Waals surface area contributed by atoms with Gasteiger partial charge in [0.2, 0.25) is 0 Å². The lowest BCUT2D eigenvalue weighted by Crippen LogP contribution is -2.26. The molecule has 170 valence electrons. The van der Waals surface area contributed by atoms with Gasteiger partial charge in [0.05, 0.1) is 24.5 Å². The van der Waals surface area contributed by atoms with Gasteiger partial charge < -0.3 is 18.9 Å². The van der Waals surface area contributed by atoms with Gasteiger partial charge >= 0.3 is 11.9 Å². The van der Waals surface area contributed by atoms with Crippen LogP contribution in [0.4, 0.5) is 0 Å². The zero-order chi connectivity index (χ0) is 23.6. The average Bonchev–Trinajstić information content (AvgIpc) is 2.66. The van der Waals surface area contributed by atoms with Crippen LogP contribution < -0.4 is 18.9 Å². The molecule has 0 bridgehead atoms. The number of rotatable bonds is 6. The molecule has 0 aliphatic rings. The van der Waals surface area contributed by atoms with Gasteiger partial charge in [-0.15, -0.1) is 0 Å². The minimum Gasteiger partial charge on any atom is -0.493 e. The van der Waals surface area contributed by atoms with Gasteiger partial charge in [-0.2, -0.15) is 0 Å². The third-order valence-electron chi connectivity index (χ3n) is 4.41. The van der Waals surface area contributed by atoms with Crippen LogP contribution in [0.2, 0.25) is 0 Å². The molecule has 6 nitrogen and oxygen atoms in total. The van der Waals surface area contributed by atoms with Crippen molar-refractivity contribution in [3.05, 3.63) is 24.3 Å². The van der Waals surface area contributed by atoms with Gasteiger partial charge in [0.1, 0.15) is 11.5 Å². The summed E-state index contributed by atoms with van der Waals surface area (Å²) in [5.41, 5.74) is -1.39. The Morgan fingerprint density at radius 3 is 1.94 bits per heavy atom. The van der Waals surface area contributed by atoms with E-state index in [4.69, 9.17) is 18.9 Å². The fourth-order valence-corrected chi connectivity index (χ4v) is 2.51. The lowest BCUT2D eigenvalue weighted by Gasteiger charge is -2.22. The Balaban J connectivity index is 2.67. The Morgan fingerprint density at radius 2 is 1.42 bits per heavy atom. The molecule has 0 amide bonds. The number of esters is 2. The van der Waals surface area contributed by atoms with Crippen LogP contribution in [0.25, 0.3) is 10.8 Å². The first kappa shape index (κ1) is 24.5. The second-order valence-electron chi connectivity index (χ2n) is 10.1. The summed E-state index contributed by atoms with van der Waals surface area (Å²) in [5.74, 6) is 1.11. The molecule has 2 aromatic carbocycles. The molecule has 0 spiro atoms. The van der Waals surface area contributed by atoms with Crippen LogP contribution in [0, 0.1) is 16.7 Å². The maximum atomic E-state index is 12.6. The van der Waals surface area contributed by atoms with Gasteiger partial charge in [-0.3, -0.25) is 9.59 Å². The number of carbonyl (C=O) groups is 2. The number of hydrogen-bond donors (Lipinski definition) is 0. The molecular formula is C25H34O6. The average molecular weight is 431 g/mol. The van der Waals surface area contributed by atoms with Crippen molar-refractivity contribution in [3.63, 3.8) is 0 Å². The number of ether oxygens (including phenoxy) is 4. The number of methoxy groups -OCH3 is 1. The highest BCUT2D eigenvalue weighted by molar-refractivity contribution is 5.99. The Labute approximate surface area is 184 Å². The molecule has 0 fully saturated rings. The van der Waals surface area contributed by atoms with Gasteiger partial charge in [-0.25, -0.2) is 0 Å². The highest BCUT2D eigenvalue weighted by atomic mass is 16.6. The number of hydrogen-bond acceptors (Lipinski definition) is 6. The van der Waals surface area contributed by atoms with Gasteiger partial charge in [0.15, 0.2) is 11.5 Å². The van der Waals surface area contributed by atoms with Gasteiger partial charge in [0.25, 0.3) is 0 Å². The molecule has 31 heavy (non-hydrogen) atoms. The van der Waals surface area contributed by atoms with Crippen LogP contribution in [0.15, 0.2) is 24.3 Å². The minimum absolute atomic E-state index is 0.281. The SMILES string of the molecule is COc1cc(OC(=O)C(C)(C)C)c2cc(OCC(C)C)ccc2c1OC(=O)C(C)(C)C. The van der Waals surface area contributed by atoms with Crippen LogP contribution in [-0.2, 0) is 9.59 Å². The summed E-state index contributed by atoms with van der Waals surface area (Å²) in [7, 11) is 1.48. The monoisotopic (exact) mass is 430 g/mol. The summed E-state index contributed by atoms with van der Waals surface area (Å²) < 4.78 is 22.8. The third-order valence-corrected chi connectivity index (χ3v) is 4.41. The summed E-state index contributed by atoms with van der Waals surface area (Å²) in [4.78, 5) is 25.2. The fraction of sp³-hybridized carbons (Fsp3) is 0.520. The maximum Gasteiger partial charge on any atom is 0.316 e. The van der Waals surface area contributed by atoms with E-state index in [1.165, 1.54) is 7.11 Å². The number of benzene rings is 2. The van der Waals surface area contributed by atoms with E-state index >= 15 is 0 Å². The normalized spacial score (nSPS) is 12.1. The molecule has 0 aromatic heterocycles. The Bertz CT molecular complexity index is 961. The molecule has 2 rings (SSSR count). The highest BCUT2D eigenvalue weighted by Crippen LogP contribution is 2.44. The van der Waals surface area contributed by atoms with Crippen molar-refractivity contribution in [2.75, 3.05) is 13.7 Å². The molecule has 0 unspecified atom stereocenters.